The SMILES string of the molecule is CCNC1CCCC1Cc1nc(C)cs1. The molecule has 2 unspecified atom stereocenters. The van der Waals surface area contributed by atoms with Crippen LogP contribution in [-0.2, 0) is 6.42 Å². The monoisotopic (exact) mass is 224 g/mol. The lowest BCUT2D eigenvalue weighted by Crippen LogP contribution is -2.33. The fraction of sp³-hybridized carbons (Fsp3) is 0.750. The van der Waals surface area contributed by atoms with Gasteiger partial charge in [-0.2, -0.15) is 0 Å². The third-order valence-electron chi connectivity index (χ3n) is 3.23. The normalized spacial score (nSPS) is 26.0. The van der Waals surface area contributed by atoms with Gasteiger partial charge in [-0.25, -0.2) is 4.98 Å². The van der Waals surface area contributed by atoms with Crippen molar-refractivity contribution in [3.8, 4) is 0 Å². The number of aryl methyl sites for hydroxylation is 1. The molecule has 0 aromatic carbocycles. The summed E-state index contributed by atoms with van der Waals surface area (Å²) in [4.78, 5) is 4.56. The first-order valence-electron chi connectivity index (χ1n) is 5.94. The lowest BCUT2D eigenvalue weighted by molar-refractivity contribution is 0.405. The van der Waals surface area contributed by atoms with Crippen LogP contribution in [0, 0.1) is 12.8 Å². The van der Waals surface area contributed by atoms with Crippen LogP contribution in [0.1, 0.15) is 36.9 Å². The molecule has 0 aliphatic heterocycles. The van der Waals surface area contributed by atoms with Crippen molar-refractivity contribution in [1.82, 2.24) is 10.3 Å². The molecule has 1 fully saturated rings. The third-order valence-corrected chi connectivity index (χ3v) is 4.22. The molecule has 3 heteroatoms. The van der Waals surface area contributed by atoms with Crippen LogP contribution in [0.25, 0.3) is 0 Å². The van der Waals surface area contributed by atoms with Gasteiger partial charge in [-0.05, 0) is 32.2 Å². The van der Waals surface area contributed by atoms with E-state index in [1.807, 2.05) is 11.3 Å². The average molecular weight is 224 g/mol. The average Bonchev–Trinajstić information content (AvgIpc) is 2.78. The number of aromatic nitrogens is 1. The van der Waals surface area contributed by atoms with Crippen molar-refractivity contribution in [2.24, 2.45) is 5.92 Å². The summed E-state index contributed by atoms with van der Waals surface area (Å²) in [5.74, 6) is 0.815. The van der Waals surface area contributed by atoms with Gasteiger partial charge in [-0.1, -0.05) is 13.3 Å². The number of nitrogens with zero attached hydrogens (tertiary/aromatic N) is 1. The molecule has 1 aliphatic carbocycles. The summed E-state index contributed by atoms with van der Waals surface area (Å²) in [6, 6.07) is 0.735. The van der Waals surface area contributed by atoms with Gasteiger partial charge in [0.05, 0.1) is 5.01 Å². The van der Waals surface area contributed by atoms with Gasteiger partial charge in [0.1, 0.15) is 0 Å². The maximum atomic E-state index is 4.56. The Bertz CT molecular complexity index is 308. The molecular formula is C12H20N2S. The molecular weight excluding hydrogens is 204 g/mol. The third kappa shape index (κ3) is 2.79. The summed E-state index contributed by atoms with van der Waals surface area (Å²) in [6.07, 6.45) is 5.28. The van der Waals surface area contributed by atoms with Gasteiger partial charge in [0.25, 0.3) is 0 Å². The Balaban J connectivity index is 1.93. The minimum atomic E-state index is 0.735. The number of hydrogen-bond acceptors (Lipinski definition) is 3. The van der Waals surface area contributed by atoms with Crippen molar-refractivity contribution in [3.63, 3.8) is 0 Å². The van der Waals surface area contributed by atoms with Crippen LogP contribution in [0.3, 0.4) is 0 Å². The molecule has 0 radical (unpaired) electrons. The van der Waals surface area contributed by atoms with E-state index in [-0.39, 0.29) is 0 Å². The summed E-state index contributed by atoms with van der Waals surface area (Å²) >= 11 is 1.82. The van der Waals surface area contributed by atoms with Gasteiger partial charge < -0.3 is 5.32 Å². The Labute approximate surface area is 96.1 Å². The van der Waals surface area contributed by atoms with E-state index in [4.69, 9.17) is 0 Å². The number of nitrogens with one attached hydrogen (secondary N) is 1. The molecule has 0 saturated heterocycles. The molecule has 1 saturated carbocycles. The smallest absolute Gasteiger partial charge is 0.0931 e. The molecule has 0 spiro atoms. The summed E-state index contributed by atoms with van der Waals surface area (Å²) < 4.78 is 0. The van der Waals surface area contributed by atoms with Crippen LogP contribution in [0.2, 0.25) is 0 Å². The van der Waals surface area contributed by atoms with Crippen molar-refractivity contribution in [2.75, 3.05) is 6.54 Å². The fourth-order valence-electron chi connectivity index (χ4n) is 2.53. The highest BCUT2D eigenvalue weighted by Crippen LogP contribution is 2.29. The predicted octanol–water partition coefficient (Wildman–Crippen LogP) is 2.77. The van der Waals surface area contributed by atoms with E-state index in [2.05, 4.69) is 29.5 Å². The van der Waals surface area contributed by atoms with E-state index in [1.165, 1.54) is 36.4 Å². The highest BCUT2D eigenvalue weighted by Gasteiger charge is 2.27. The van der Waals surface area contributed by atoms with Gasteiger partial charge in [0.15, 0.2) is 0 Å². The quantitative estimate of drug-likeness (QED) is 0.850. The first kappa shape index (κ1) is 11.1. The van der Waals surface area contributed by atoms with E-state index in [1.54, 1.807) is 0 Å². The molecule has 15 heavy (non-hydrogen) atoms. The first-order valence-corrected chi connectivity index (χ1v) is 6.82. The van der Waals surface area contributed by atoms with Crippen LogP contribution in [0.15, 0.2) is 5.38 Å². The van der Waals surface area contributed by atoms with Crippen LogP contribution >= 0.6 is 11.3 Å². The zero-order chi connectivity index (χ0) is 10.7. The van der Waals surface area contributed by atoms with Gasteiger partial charge in [0, 0.05) is 23.5 Å². The van der Waals surface area contributed by atoms with Crippen molar-refractivity contribution < 1.29 is 0 Å². The van der Waals surface area contributed by atoms with Crippen molar-refractivity contribution >= 4 is 11.3 Å². The minimum absolute atomic E-state index is 0.735. The van der Waals surface area contributed by atoms with E-state index in [0.29, 0.717) is 0 Å². The van der Waals surface area contributed by atoms with Gasteiger partial charge in [0.2, 0.25) is 0 Å². The largest absolute Gasteiger partial charge is 0.314 e. The Morgan fingerprint density at radius 1 is 1.53 bits per heavy atom. The maximum absolute atomic E-state index is 4.56. The van der Waals surface area contributed by atoms with Gasteiger partial charge in [-0.3, -0.25) is 0 Å². The highest BCUT2D eigenvalue weighted by molar-refractivity contribution is 7.09. The van der Waals surface area contributed by atoms with Crippen molar-refractivity contribution in [1.29, 1.82) is 0 Å². The maximum Gasteiger partial charge on any atom is 0.0931 e. The van der Waals surface area contributed by atoms with Gasteiger partial charge in [-0.15, -0.1) is 11.3 Å². The molecule has 1 aliphatic rings. The standard InChI is InChI=1S/C12H20N2S/c1-3-13-11-6-4-5-10(11)7-12-14-9(2)8-15-12/h8,10-11,13H,3-7H2,1-2H3. The fourth-order valence-corrected chi connectivity index (χ4v) is 3.40. The lowest BCUT2D eigenvalue weighted by Gasteiger charge is -2.19. The Morgan fingerprint density at radius 3 is 3.07 bits per heavy atom. The van der Waals surface area contributed by atoms with Crippen molar-refractivity contribution in [3.05, 3.63) is 16.1 Å². The highest BCUT2D eigenvalue weighted by atomic mass is 32.1. The minimum Gasteiger partial charge on any atom is -0.314 e. The topological polar surface area (TPSA) is 24.9 Å². The molecule has 1 aromatic rings. The zero-order valence-electron chi connectivity index (χ0n) is 9.62. The summed E-state index contributed by atoms with van der Waals surface area (Å²) in [6.45, 7) is 5.37. The lowest BCUT2D eigenvalue weighted by atomic mass is 10.00. The predicted molar refractivity (Wildman–Crippen MR) is 65.4 cm³/mol. The molecule has 0 amide bonds. The molecule has 2 atom stereocenters. The van der Waals surface area contributed by atoms with Crippen LogP contribution in [0.5, 0.6) is 0 Å². The van der Waals surface area contributed by atoms with E-state index < -0.39 is 0 Å². The number of rotatable bonds is 4. The Hall–Kier alpha value is -0.410. The van der Waals surface area contributed by atoms with Crippen LogP contribution in [0.4, 0.5) is 0 Å². The van der Waals surface area contributed by atoms with Gasteiger partial charge >= 0.3 is 0 Å². The molecule has 84 valence electrons. The molecule has 2 nitrogen and oxygen atoms in total. The van der Waals surface area contributed by atoms with E-state index in [9.17, 15) is 0 Å². The zero-order valence-corrected chi connectivity index (χ0v) is 10.4. The first-order chi connectivity index (χ1) is 7.29. The molecule has 1 heterocycles. The van der Waals surface area contributed by atoms with Crippen LogP contribution in [-0.4, -0.2) is 17.6 Å². The summed E-state index contributed by atoms with van der Waals surface area (Å²) in [7, 11) is 0. The Morgan fingerprint density at radius 2 is 2.40 bits per heavy atom. The Kier molecular flexibility index (Phi) is 3.76. The molecule has 1 N–H and O–H groups in total. The number of hydrogen-bond donors (Lipinski definition) is 1. The van der Waals surface area contributed by atoms with Crippen LogP contribution < -0.4 is 5.32 Å². The van der Waals surface area contributed by atoms with Crippen molar-refractivity contribution in [2.45, 2.75) is 45.6 Å². The summed E-state index contributed by atoms with van der Waals surface area (Å²) in [5.41, 5.74) is 1.17. The second kappa shape index (κ2) is 5.08. The molecule has 0 bridgehead atoms. The summed E-state index contributed by atoms with van der Waals surface area (Å²) in [5, 5.41) is 7.08. The second-order valence-electron chi connectivity index (χ2n) is 4.44. The van der Waals surface area contributed by atoms with E-state index >= 15 is 0 Å². The molecule has 1 aromatic heterocycles. The molecule has 2 rings (SSSR count). The number of thiazole rings is 1. The second-order valence-corrected chi connectivity index (χ2v) is 5.38. The van der Waals surface area contributed by atoms with E-state index in [0.717, 1.165) is 18.5 Å².